The fourth-order valence-corrected chi connectivity index (χ4v) is 3.55. The summed E-state index contributed by atoms with van der Waals surface area (Å²) in [5, 5.41) is 8.94. The zero-order valence-corrected chi connectivity index (χ0v) is 15.2. The molecule has 2 aromatic carbocycles. The van der Waals surface area contributed by atoms with Gasteiger partial charge in [-0.3, -0.25) is 9.52 Å². The Morgan fingerprint density at radius 2 is 1.60 bits per heavy atom. The summed E-state index contributed by atoms with van der Waals surface area (Å²) in [6.07, 6.45) is 2.34. The van der Waals surface area contributed by atoms with E-state index in [1.165, 1.54) is 0 Å². The van der Waals surface area contributed by atoms with Gasteiger partial charge in [0.25, 0.3) is 10.0 Å². The third-order valence-corrected chi connectivity index (χ3v) is 5.34. The Kier molecular flexibility index (Phi) is 6.20. The van der Waals surface area contributed by atoms with Crippen molar-refractivity contribution in [1.29, 1.82) is 0 Å². The molecule has 0 aliphatic heterocycles. The number of hydrogen-bond acceptors (Lipinski definition) is 3. The fourth-order valence-electron chi connectivity index (χ4n) is 2.49. The molecule has 2 aromatic rings. The predicted octanol–water partition coefficient (Wildman–Crippen LogP) is 3.70. The number of aliphatic carboxylic acids is 1. The van der Waals surface area contributed by atoms with E-state index in [1.54, 1.807) is 43.3 Å². The molecule has 0 aromatic heterocycles. The smallest absolute Gasteiger partial charge is 0.306 e. The molecule has 25 heavy (non-hydrogen) atoms. The first kappa shape index (κ1) is 19.0. The van der Waals surface area contributed by atoms with Gasteiger partial charge in [-0.15, -0.1) is 0 Å². The first-order valence-electron chi connectivity index (χ1n) is 8.25. The van der Waals surface area contributed by atoms with Crippen LogP contribution in [0.15, 0.2) is 53.4 Å². The molecule has 2 rings (SSSR count). The lowest BCUT2D eigenvalue weighted by Crippen LogP contribution is -2.14. The fraction of sp³-hybridized carbons (Fsp3) is 0.316. The van der Waals surface area contributed by atoms with Crippen LogP contribution in [0.3, 0.4) is 0 Å². The van der Waals surface area contributed by atoms with Crippen LogP contribution in [0.1, 0.15) is 31.4 Å². The van der Waals surface area contributed by atoms with Gasteiger partial charge in [-0.1, -0.05) is 44.5 Å². The number of rotatable bonds is 8. The molecular formula is C19H23NO4S. The number of hydrogen-bond donors (Lipinski definition) is 2. The van der Waals surface area contributed by atoms with Crippen molar-refractivity contribution in [2.75, 3.05) is 4.72 Å². The van der Waals surface area contributed by atoms with Crippen LogP contribution in [0.4, 0.5) is 5.69 Å². The normalized spacial score (nSPS) is 12.6. The molecule has 0 amide bonds. The van der Waals surface area contributed by atoms with Crippen LogP contribution in [0.2, 0.25) is 0 Å². The van der Waals surface area contributed by atoms with E-state index in [2.05, 4.69) is 11.6 Å². The van der Waals surface area contributed by atoms with E-state index in [1.807, 2.05) is 12.1 Å². The highest BCUT2D eigenvalue weighted by Gasteiger charge is 2.15. The molecule has 0 saturated heterocycles. The van der Waals surface area contributed by atoms with Crippen molar-refractivity contribution in [2.24, 2.45) is 5.92 Å². The quantitative estimate of drug-likeness (QED) is 0.751. The summed E-state index contributed by atoms with van der Waals surface area (Å²) in [4.78, 5) is 11.1. The van der Waals surface area contributed by atoms with Crippen molar-refractivity contribution in [3.05, 3.63) is 59.7 Å². The van der Waals surface area contributed by atoms with Gasteiger partial charge in [-0.2, -0.15) is 0 Å². The highest BCUT2D eigenvalue weighted by atomic mass is 32.2. The Balaban J connectivity index is 2.08. The van der Waals surface area contributed by atoms with Gasteiger partial charge in [0.15, 0.2) is 0 Å². The van der Waals surface area contributed by atoms with Gasteiger partial charge >= 0.3 is 5.97 Å². The number of carbonyl (C=O) groups is 1. The van der Waals surface area contributed by atoms with E-state index in [0.717, 1.165) is 24.0 Å². The molecule has 0 aliphatic carbocycles. The van der Waals surface area contributed by atoms with E-state index in [0.29, 0.717) is 12.1 Å². The molecule has 0 aliphatic rings. The zero-order chi connectivity index (χ0) is 18.4. The topological polar surface area (TPSA) is 83.5 Å². The minimum atomic E-state index is -3.64. The number of sulfonamides is 1. The highest BCUT2D eigenvalue weighted by Crippen LogP contribution is 2.19. The minimum absolute atomic E-state index is 0.218. The predicted molar refractivity (Wildman–Crippen MR) is 98.2 cm³/mol. The maximum atomic E-state index is 12.4. The maximum Gasteiger partial charge on any atom is 0.306 e. The summed E-state index contributed by atoms with van der Waals surface area (Å²) in [6.45, 7) is 3.72. The number of aryl methyl sites for hydroxylation is 1. The van der Waals surface area contributed by atoms with Crippen LogP contribution in [0, 0.1) is 5.92 Å². The summed E-state index contributed by atoms with van der Waals surface area (Å²) >= 11 is 0. The molecular weight excluding hydrogens is 338 g/mol. The van der Waals surface area contributed by atoms with Crippen molar-refractivity contribution < 1.29 is 18.3 Å². The van der Waals surface area contributed by atoms with Crippen LogP contribution in [-0.2, 0) is 27.7 Å². The summed E-state index contributed by atoms with van der Waals surface area (Å²) in [6, 6.07) is 13.6. The van der Waals surface area contributed by atoms with E-state index < -0.39 is 21.9 Å². The second kappa shape index (κ2) is 8.16. The second-order valence-electron chi connectivity index (χ2n) is 6.14. The third kappa shape index (κ3) is 5.32. The molecule has 0 bridgehead atoms. The van der Waals surface area contributed by atoms with Gasteiger partial charge in [-0.25, -0.2) is 8.42 Å². The van der Waals surface area contributed by atoms with Crippen molar-refractivity contribution in [3.63, 3.8) is 0 Å². The molecule has 0 spiro atoms. The molecule has 1 atom stereocenters. The second-order valence-corrected chi connectivity index (χ2v) is 7.82. The van der Waals surface area contributed by atoms with Gasteiger partial charge in [0.05, 0.1) is 10.8 Å². The summed E-state index contributed by atoms with van der Waals surface area (Å²) in [7, 11) is -3.64. The van der Waals surface area contributed by atoms with Crippen molar-refractivity contribution in [2.45, 2.75) is 38.0 Å². The van der Waals surface area contributed by atoms with Crippen LogP contribution < -0.4 is 4.72 Å². The SMILES string of the molecule is CCCc1ccc(S(=O)(=O)Nc2ccc(C[C@H](C)C(=O)O)cc2)cc1. The summed E-state index contributed by atoms with van der Waals surface area (Å²) in [5.74, 6) is -1.33. The van der Waals surface area contributed by atoms with Gasteiger partial charge < -0.3 is 5.11 Å². The number of nitrogens with one attached hydrogen (secondary N) is 1. The third-order valence-electron chi connectivity index (χ3n) is 3.94. The summed E-state index contributed by atoms with van der Waals surface area (Å²) < 4.78 is 27.4. The van der Waals surface area contributed by atoms with Crippen LogP contribution >= 0.6 is 0 Å². The zero-order valence-electron chi connectivity index (χ0n) is 14.4. The van der Waals surface area contributed by atoms with Crippen molar-refractivity contribution >= 4 is 21.7 Å². The first-order valence-corrected chi connectivity index (χ1v) is 9.73. The van der Waals surface area contributed by atoms with E-state index in [9.17, 15) is 13.2 Å². The lowest BCUT2D eigenvalue weighted by Gasteiger charge is -2.10. The standard InChI is InChI=1S/C19H23NO4S/c1-3-4-15-7-11-18(12-8-15)25(23,24)20-17-9-5-16(6-10-17)13-14(2)19(21)22/h5-12,14,20H,3-4,13H2,1-2H3,(H,21,22)/t14-/m0/s1. The largest absolute Gasteiger partial charge is 0.481 e. The Morgan fingerprint density at radius 3 is 2.12 bits per heavy atom. The monoisotopic (exact) mass is 361 g/mol. The van der Waals surface area contributed by atoms with Crippen molar-refractivity contribution in [3.8, 4) is 0 Å². The molecule has 0 unspecified atom stereocenters. The molecule has 0 fully saturated rings. The number of carboxylic acid groups (broad SMARTS) is 1. The number of anilines is 1. The average Bonchev–Trinajstić information content (AvgIpc) is 2.57. The molecule has 0 heterocycles. The summed E-state index contributed by atoms with van der Waals surface area (Å²) in [5.41, 5.74) is 2.41. The van der Waals surface area contributed by atoms with Crippen LogP contribution in [-0.4, -0.2) is 19.5 Å². The van der Waals surface area contributed by atoms with E-state index >= 15 is 0 Å². The Labute approximate surface area is 148 Å². The van der Waals surface area contributed by atoms with Gasteiger partial charge in [0.1, 0.15) is 0 Å². The van der Waals surface area contributed by atoms with E-state index in [-0.39, 0.29) is 4.90 Å². The van der Waals surface area contributed by atoms with Crippen LogP contribution in [0.25, 0.3) is 0 Å². The molecule has 0 saturated carbocycles. The lowest BCUT2D eigenvalue weighted by molar-refractivity contribution is -0.141. The average molecular weight is 361 g/mol. The molecule has 134 valence electrons. The minimum Gasteiger partial charge on any atom is -0.481 e. The number of benzene rings is 2. The Hall–Kier alpha value is -2.34. The van der Waals surface area contributed by atoms with Gasteiger partial charge in [0, 0.05) is 5.69 Å². The molecule has 0 radical (unpaired) electrons. The first-order chi connectivity index (χ1) is 11.8. The van der Waals surface area contributed by atoms with Gasteiger partial charge in [-0.05, 0) is 48.2 Å². The van der Waals surface area contributed by atoms with Gasteiger partial charge in [0.2, 0.25) is 0 Å². The lowest BCUT2D eigenvalue weighted by atomic mass is 10.0. The molecule has 5 nitrogen and oxygen atoms in total. The maximum absolute atomic E-state index is 12.4. The highest BCUT2D eigenvalue weighted by molar-refractivity contribution is 7.92. The van der Waals surface area contributed by atoms with Crippen molar-refractivity contribution in [1.82, 2.24) is 0 Å². The van der Waals surface area contributed by atoms with E-state index in [4.69, 9.17) is 5.11 Å². The Bertz CT molecular complexity index is 812. The Morgan fingerprint density at radius 1 is 1.04 bits per heavy atom. The van der Waals surface area contributed by atoms with Crippen LogP contribution in [0.5, 0.6) is 0 Å². The number of carboxylic acids is 1. The molecule has 6 heteroatoms. The molecule has 2 N–H and O–H groups in total.